The Balaban J connectivity index is 2.05. The zero-order chi connectivity index (χ0) is 8.10. The molecule has 66 valence electrons. The topological polar surface area (TPSA) is 29.5 Å². The van der Waals surface area contributed by atoms with Crippen molar-refractivity contribution in [1.82, 2.24) is 0 Å². The molecule has 2 atom stereocenters. The quantitative estimate of drug-likeness (QED) is 0.629. The Bertz CT molecular complexity index is 104. The number of hydrogen-bond acceptors (Lipinski definition) is 2. The molecule has 0 aliphatic heterocycles. The maximum atomic E-state index is 9.41. The third-order valence-corrected chi connectivity index (χ3v) is 2.30. The second kappa shape index (κ2) is 4.73. The van der Waals surface area contributed by atoms with Gasteiger partial charge in [0.1, 0.15) is 0 Å². The molecule has 2 heteroatoms. The lowest BCUT2D eigenvalue weighted by atomic mass is 10.1. The van der Waals surface area contributed by atoms with E-state index in [9.17, 15) is 5.11 Å². The molecule has 1 N–H and O–H groups in total. The van der Waals surface area contributed by atoms with E-state index < -0.39 is 0 Å². The second-order valence-corrected chi connectivity index (χ2v) is 3.33. The highest BCUT2D eigenvalue weighted by Crippen LogP contribution is 2.25. The summed E-state index contributed by atoms with van der Waals surface area (Å²) in [5.41, 5.74) is 0. The van der Waals surface area contributed by atoms with Crippen molar-refractivity contribution in [2.24, 2.45) is 5.92 Å². The summed E-state index contributed by atoms with van der Waals surface area (Å²) in [5, 5.41) is 9.41. The van der Waals surface area contributed by atoms with E-state index in [-0.39, 0.29) is 6.10 Å². The molecule has 1 saturated carbocycles. The molecule has 0 radical (unpaired) electrons. The van der Waals surface area contributed by atoms with Crippen LogP contribution in [-0.2, 0) is 4.74 Å². The minimum absolute atomic E-state index is 0.0909. The lowest BCUT2D eigenvalue weighted by Gasteiger charge is -2.13. The Hall–Kier alpha value is -0.0800. The van der Waals surface area contributed by atoms with Crippen molar-refractivity contribution < 1.29 is 9.84 Å². The van der Waals surface area contributed by atoms with E-state index in [1.54, 1.807) is 0 Å². The smallest absolute Gasteiger partial charge is 0.0590 e. The van der Waals surface area contributed by atoms with Crippen LogP contribution in [-0.4, -0.2) is 24.4 Å². The first kappa shape index (κ1) is 9.01. The van der Waals surface area contributed by atoms with E-state index in [1.165, 1.54) is 6.42 Å². The van der Waals surface area contributed by atoms with E-state index in [1.807, 2.05) is 0 Å². The van der Waals surface area contributed by atoms with Gasteiger partial charge in [-0.1, -0.05) is 13.3 Å². The molecule has 1 fully saturated rings. The molecule has 1 aliphatic rings. The molecule has 0 amide bonds. The van der Waals surface area contributed by atoms with Gasteiger partial charge in [0.05, 0.1) is 12.7 Å². The fourth-order valence-corrected chi connectivity index (χ4v) is 1.59. The van der Waals surface area contributed by atoms with Gasteiger partial charge in [0.15, 0.2) is 0 Å². The van der Waals surface area contributed by atoms with Gasteiger partial charge in [-0.05, 0) is 19.3 Å². The molecule has 0 aromatic carbocycles. The highest BCUT2D eigenvalue weighted by Gasteiger charge is 2.24. The van der Waals surface area contributed by atoms with E-state index in [4.69, 9.17) is 4.74 Å². The zero-order valence-electron chi connectivity index (χ0n) is 7.25. The molecule has 0 spiro atoms. The summed E-state index contributed by atoms with van der Waals surface area (Å²) < 4.78 is 5.38. The summed E-state index contributed by atoms with van der Waals surface area (Å²) in [6, 6.07) is 0. The second-order valence-electron chi connectivity index (χ2n) is 3.33. The molecule has 1 aliphatic carbocycles. The minimum atomic E-state index is -0.0909. The van der Waals surface area contributed by atoms with Gasteiger partial charge in [0.2, 0.25) is 0 Å². The van der Waals surface area contributed by atoms with Crippen molar-refractivity contribution in [2.75, 3.05) is 13.2 Å². The standard InChI is InChI=1S/C9H18O2/c1-2-6-11-7-8-4-3-5-9(8)10/h8-10H,2-7H2,1H3. The van der Waals surface area contributed by atoms with Crippen LogP contribution in [0, 0.1) is 5.92 Å². The van der Waals surface area contributed by atoms with Crippen LogP contribution in [0.25, 0.3) is 0 Å². The van der Waals surface area contributed by atoms with Crippen molar-refractivity contribution >= 4 is 0 Å². The number of aliphatic hydroxyl groups is 1. The summed E-state index contributed by atoms with van der Waals surface area (Å²) in [7, 11) is 0. The van der Waals surface area contributed by atoms with Crippen molar-refractivity contribution in [3.63, 3.8) is 0 Å². The van der Waals surface area contributed by atoms with Crippen LogP contribution in [0.1, 0.15) is 32.6 Å². The molecular weight excluding hydrogens is 140 g/mol. The monoisotopic (exact) mass is 158 g/mol. The molecule has 0 aromatic rings. The maximum absolute atomic E-state index is 9.41. The first-order chi connectivity index (χ1) is 5.34. The summed E-state index contributed by atoms with van der Waals surface area (Å²) in [5.74, 6) is 0.418. The third kappa shape index (κ3) is 2.80. The molecule has 1 rings (SSSR count). The van der Waals surface area contributed by atoms with Crippen molar-refractivity contribution in [3.8, 4) is 0 Å². The van der Waals surface area contributed by atoms with Crippen LogP contribution in [0.3, 0.4) is 0 Å². The first-order valence-corrected chi connectivity index (χ1v) is 4.60. The van der Waals surface area contributed by atoms with Crippen LogP contribution >= 0.6 is 0 Å². The fraction of sp³-hybridized carbons (Fsp3) is 1.00. The van der Waals surface area contributed by atoms with Gasteiger partial charge >= 0.3 is 0 Å². The van der Waals surface area contributed by atoms with E-state index in [2.05, 4.69) is 6.92 Å². The molecule has 0 saturated heterocycles. The van der Waals surface area contributed by atoms with Gasteiger partial charge in [0, 0.05) is 12.5 Å². The average molecular weight is 158 g/mol. The SMILES string of the molecule is CCCOCC1CCCC1O. The maximum Gasteiger partial charge on any atom is 0.0590 e. The van der Waals surface area contributed by atoms with E-state index in [0.717, 1.165) is 32.5 Å². The van der Waals surface area contributed by atoms with Gasteiger partial charge in [-0.25, -0.2) is 0 Å². The largest absolute Gasteiger partial charge is 0.393 e. The van der Waals surface area contributed by atoms with Gasteiger partial charge in [-0.15, -0.1) is 0 Å². The van der Waals surface area contributed by atoms with E-state index >= 15 is 0 Å². The van der Waals surface area contributed by atoms with Crippen molar-refractivity contribution in [1.29, 1.82) is 0 Å². The zero-order valence-corrected chi connectivity index (χ0v) is 7.25. The summed E-state index contributed by atoms with van der Waals surface area (Å²) in [6.07, 6.45) is 4.27. The van der Waals surface area contributed by atoms with Crippen LogP contribution in [0.4, 0.5) is 0 Å². The van der Waals surface area contributed by atoms with Crippen LogP contribution in [0.2, 0.25) is 0 Å². The third-order valence-electron chi connectivity index (χ3n) is 2.30. The highest BCUT2D eigenvalue weighted by atomic mass is 16.5. The minimum Gasteiger partial charge on any atom is -0.393 e. The molecule has 2 unspecified atom stereocenters. The van der Waals surface area contributed by atoms with Crippen molar-refractivity contribution in [3.05, 3.63) is 0 Å². The normalized spacial score (nSPS) is 31.1. The molecule has 11 heavy (non-hydrogen) atoms. The first-order valence-electron chi connectivity index (χ1n) is 4.60. The van der Waals surface area contributed by atoms with Gasteiger partial charge in [-0.2, -0.15) is 0 Å². The Morgan fingerprint density at radius 1 is 1.45 bits per heavy atom. The Morgan fingerprint density at radius 3 is 2.82 bits per heavy atom. The number of hydrogen-bond donors (Lipinski definition) is 1. The predicted molar refractivity (Wildman–Crippen MR) is 44.5 cm³/mol. The fourth-order valence-electron chi connectivity index (χ4n) is 1.59. The van der Waals surface area contributed by atoms with Crippen LogP contribution < -0.4 is 0 Å². The van der Waals surface area contributed by atoms with Gasteiger partial charge < -0.3 is 9.84 Å². The average Bonchev–Trinajstić information content (AvgIpc) is 2.37. The summed E-state index contributed by atoms with van der Waals surface area (Å²) >= 11 is 0. The van der Waals surface area contributed by atoms with Crippen molar-refractivity contribution in [2.45, 2.75) is 38.7 Å². The summed E-state index contributed by atoms with van der Waals surface area (Å²) in [4.78, 5) is 0. The molecule has 0 aromatic heterocycles. The van der Waals surface area contributed by atoms with Gasteiger partial charge in [0.25, 0.3) is 0 Å². The highest BCUT2D eigenvalue weighted by molar-refractivity contribution is 4.75. The number of ether oxygens (including phenoxy) is 1. The molecule has 2 nitrogen and oxygen atoms in total. The Kier molecular flexibility index (Phi) is 3.87. The number of aliphatic hydroxyl groups excluding tert-OH is 1. The Morgan fingerprint density at radius 2 is 2.27 bits per heavy atom. The van der Waals surface area contributed by atoms with Crippen LogP contribution in [0.15, 0.2) is 0 Å². The Labute approximate surface area is 68.6 Å². The number of rotatable bonds is 4. The lowest BCUT2D eigenvalue weighted by molar-refractivity contribution is 0.0446. The van der Waals surface area contributed by atoms with E-state index in [0.29, 0.717) is 5.92 Å². The van der Waals surface area contributed by atoms with Crippen LogP contribution in [0.5, 0.6) is 0 Å². The van der Waals surface area contributed by atoms with Gasteiger partial charge in [-0.3, -0.25) is 0 Å². The summed E-state index contributed by atoms with van der Waals surface area (Å²) in [6.45, 7) is 3.70. The molecule has 0 bridgehead atoms. The molecule has 0 heterocycles. The molecular formula is C9H18O2. The predicted octanol–water partition coefficient (Wildman–Crippen LogP) is 1.57. The lowest BCUT2D eigenvalue weighted by Crippen LogP contribution is -2.18.